The highest BCUT2D eigenvalue weighted by molar-refractivity contribution is 7.99. The topological polar surface area (TPSA) is 103 Å². The van der Waals surface area contributed by atoms with Gasteiger partial charge in [0.1, 0.15) is 0 Å². The number of nitrogens with zero attached hydrogens (tertiary/aromatic N) is 2. The number of carbonyl (C=O) groups is 2. The van der Waals surface area contributed by atoms with Crippen LogP contribution in [0.3, 0.4) is 0 Å². The molecular formula is C27H37N3O4S2. The van der Waals surface area contributed by atoms with Gasteiger partial charge in [-0.1, -0.05) is 44.2 Å². The van der Waals surface area contributed by atoms with Crippen molar-refractivity contribution in [2.75, 3.05) is 31.0 Å². The van der Waals surface area contributed by atoms with Crippen molar-refractivity contribution in [2.24, 2.45) is 16.7 Å². The number of carbonyl (C=O) groups excluding carboxylic acids is 2. The van der Waals surface area contributed by atoms with Gasteiger partial charge in [-0.25, -0.2) is 4.98 Å². The first-order chi connectivity index (χ1) is 17.1. The van der Waals surface area contributed by atoms with Gasteiger partial charge in [0, 0.05) is 36.2 Å². The monoisotopic (exact) mass is 531 g/mol. The minimum Gasteiger partial charge on any atom is -0.396 e. The van der Waals surface area contributed by atoms with Gasteiger partial charge in [0.25, 0.3) is 0 Å². The van der Waals surface area contributed by atoms with E-state index in [4.69, 9.17) is 4.98 Å². The third kappa shape index (κ3) is 5.08. The number of nitrogens with one attached hydrogen (secondary N) is 1. The quantitative estimate of drug-likeness (QED) is 0.477. The molecule has 4 rings (SSSR count). The summed E-state index contributed by atoms with van der Waals surface area (Å²) in [4.78, 5) is 33.5. The number of aromatic nitrogens is 1. The smallest absolute Gasteiger partial charge is 0.236 e. The lowest BCUT2D eigenvalue weighted by Crippen LogP contribution is -2.57. The Hall–Kier alpha value is -1.94. The van der Waals surface area contributed by atoms with Crippen molar-refractivity contribution in [1.29, 1.82) is 0 Å². The predicted molar refractivity (Wildman–Crippen MR) is 145 cm³/mol. The molecule has 1 aromatic carbocycles. The molecule has 9 heteroatoms. The third-order valence-electron chi connectivity index (χ3n) is 8.48. The van der Waals surface area contributed by atoms with Gasteiger partial charge in [-0.15, -0.1) is 11.3 Å². The fraction of sp³-hybridized carbons (Fsp3) is 0.593. The van der Waals surface area contributed by atoms with Crippen LogP contribution in [0.2, 0.25) is 0 Å². The summed E-state index contributed by atoms with van der Waals surface area (Å²) in [5, 5.41) is 24.8. The molecule has 1 saturated carbocycles. The molecule has 2 amide bonds. The first-order valence-electron chi connectivity index (χ1n) is 12.5. The van der Waals surface area contributed by atoms with Gasteiger partial charge in [0.2, 0.25) is 11.8 Å². The van der Waals surface area contributed by atoms with Crippen LogP contribution in [0.5, 0.6) is 0 Å². The Balaban J connectivity index is 1.67. The van der Waals surface area contributed by atoms with Crippen LogP contribution in [-0.2, 0) is 22.6 Å². The Morgan fingerprint density at radius 3 is 2.67 bits per heavy atom. The lowest BCUT2D eigenvalue weighted by atomic mass is 9.47. The molecule has 0 aliphatic heterocycles. The van der Waals surface area contributed by atoms with Gasteiger partial charge in [-0.05, 0) is 42.4 Å². The maximum Gasteiger partial charge on any atom is 0.236 e. The number of rotatable bonds is 8. The van der Waals surface area contributed by atoms with Crippen molar-refractivity contribution in [3.63, 3.8) is 0 Å². The number of thioether (sulfide) groups is 1. The number of amides is 2. The summed E-state index contributed by atoms with van der Waals surface area (Å²) in [6.07, 6.45) is 3.56. The van der Waals surface area contributed by atoms with E-state index in [1.807, 2.05) is 50.6 Å². The molecule has 2 aliphatic carbocycles. The average molecular weight is 532 g/mol. The van der Waals surface area contributed by atoms with Crippen molar-refractivity contribution in [1.82, 2.24) is 9.88 Å². The van der Waals surface area contributed by atoms with E-state index in [1.165, 1.54) is 23.1 Å². The molecule has 0 radical (unpaired) electrons. The van der Waals surface area contributed by atoms with E-state index in [1.54, 1.807) is 4.90 Å². The number of aliphatic hydroxyl groups excluding tert-OH is 2. The first-order valence-corrected chi connectivity index (χ1v) is 14.7. The van der Waals surface area contributed by atoms with Crippen LogP contribution in [0.1, 0.15) is 55.2 Å². The standard InChI is InChI=1S/C27H37N3O4S2/c1-26-11-10-21(32)27(2,16-31)20(26)13-19-24(29-25(36-19)28-22(33)15-35-4)18(26)12-23(34)30(3)14-17-8-6-5-7-9-17/h5-9,18,20-21,31-32H,10-16H2,1-4H3,(H,28,29,33). The van der Waals surface area contributed by atoms with Crippen LogP contribution in [0, 0.1) is 16.7 Å². The van der Waals surface area contributed by atoms with Crippen LogP contribution >= 0.6 is 23.1 Å². The maximum atomic E-state index is 13.5. The lowest BCUT2D eigenvalue weighted by Gasteiger charge is -2.58. The zero-order valence-corrected chi connectivity index (χ0v) is 23.1. The molecule has 1 aromatic heterocycles. The fourth-order valence-corrected chi connectivity index (χ4v) is 7.68. The Kier molecular flexibility index (Phi) is 8.14. The predicted octanol–water partition coefficient (Wildman–Crippen LogP) is 3.91. The molecule has 7 nitrogen and oxygen atoms in total. The minimum atomic E-state index is -0.672. The SMILES string of the molecule is CSCC(=O)Nc1nc2c(s1)CC1C(C)(CO)C(O)CCC1(C)C2CC(=O)N(C)Cc1ccccc1. The number of thiazole rings is 1. The zero-order valence-electron chi connectivity index (χ0n) is 21.5. The summed E-state index contributed by atoms with van der Waals surface area (Å²) < 4.78 is 0. The second-order valence-electron chi connectivity index (χ2n) is 10.8. The normalized spacial score (nSPS) is 29.2. The summed E-state index contributed by atoms with van der Waals surface area (Å²) in [7, 11) is 1.83. The molecule has 196 valence electrons. The van der Waals surface area contributed by atoms with E-state index >= 15 is 0 Å². The van der Waals surface area contributed by atoms with Crippen molar-refractivity contribution in [3.8, 4) is 0 Å². The number of anilines is 1. The van der Waals surface area contributed by atoms with Crippen LogP contribution in [0.25, 0.3) is 0 Å². The molecule has 5 unspecified atom stereocenters. The van der Waals surface area contributed by atoms with Gasteiger partial charge >= 0.3 is 0 Å². The molecule has 1 heterocycles. The van der Waals surface area contributed by atoms with E-state index in [0.717, 1.165) is 22.6 Å². The van der Waals surface area contributed by atoms with Gasteiger partial charge in [-0.3, -0.25) is 9.59 Å². The molecule has 36 heavy (non-hydrogen) atoms. The average Bonchev–Trinajstić information content (AvgIpc) is 3.25. The maximum absolute atomic E-state index is 13.5. The van der Waals surface area contributed by atoms with Crippen LogP contribution in [0.15, 0.2) is 30.3 Å². The molecule has 1 fully saturated rings. The Labute approximate surface area is 221 Å². The number of fused-ring (bicyclic) bond motifs is 2. The van der Waals surface area contributed by atoms with Gasteiger partial charge < -0.3 is 20.4 Å². The largest absolute Gasteiger partial charge is 0.396 e. The van der Waals surface area contributed by atoms with Crippen LogP contribution in [0.4, 0.5) is 5.13 Å². The van der Waals surface area contributed by atoms with E-state index < -0.39 is 11.5 Å². The Morgan fingerprint density at radius 1 is 1.28 bits per heavy atom. The van der Waals surface area contributed by atoms with E-state index in [-0.39, 0.29) is 35.7 Å². The van der Waals surface area contributed by atoms with Crippen molar-refractivity contribution >= 4 is 40.0 Å². The summed E-state index contributed by atoms with van der Waals surface area (Å²) in [5.41, 5.74) is 0.967. The van der Waals surface area contributed by atoms with E-state index in [9.17, 15) is 19.8 Å². The Bertz CT molecular complexity index is 1090. The molecule has 5 atom stereocenters. The second-order valence-corrected chi connectivity index (χ2v) is 12.7. The molecule has 0 saturated heterocycles. The second kappa shape index (κ2) is 10.8. The van der Waals surface area contributed by atoms with Crippen LogP contribution < -0.4 is 5.32 Å². The number of benzene rings is 1. The van der Waals surface area contributed by atoms with E-state index in [2.05, 4.69) is 12.2 Å². The van der Waals surface area contributed by atoms with Gasteiger partial charge in [0.05, 0.1) is 24.2 Å². The van der Waals surface area contributed by atoms with Crippen molar-refractivity contribution in [3.05, 3.63) is 46.5 Å². The molecule has 0 bridgehead atoms. The highest BCUT2D eigenvalue weighted by atomic mass is 32.2. The first kappa shape index (κ1) is 27.1. The zero-order chi connectivity index (χ0) is 26.1. The summed E-state index contributed by atoms with van der Waals surface area (Å²) >= 11 is 2.91. The number of aliphatic hydroxyl groups is 2. The summed E-state index contributed by atoms with van der Waals surface area (Å²) in [5.74, 6) is 0.111. The number of hydrogen-bond donors (Lipinski definition) is 3. The summed E-state index contributed by atoms with van der Waals surface area (Å²) in [6, 6.07) is 9.93. The van der Waals surface area contributed by atoms with E-state index in [0.29, 0.717) is 36.7 Å². The highest BCUT2D eigenvalue weighted by Gasteiger charge is 2.59. The third-order valence-corrected chi connectivity index (χ3v) is 10.0. The molecule has 3 N–H and O–H groups in total. The molecular weight excluding hydrogens is 494 g/mol. The number of hydrogen-bond acceptors (Lipinski definition) is 7. The van der Waals surface area contributed by atoms with Crippen molar-refractivity contribution < 1.29 is 19.8 Å². The minimum absolute atomic E-state index is 0.0151. The Morgan fingerprint density at radius 2 is 2.00 bits per heavy atom. The van der Waals surface area contributed by atoms with Crippen LogP contribution in [-0.4, -0.2) is 63.7 Å². The van der Waals surface area contributed by atoms with Gasteiger partial charge in [0.15, 0.2) is 5.13 Å². The summed E-state index contributed by atoms with van der Waals surface area (Å²) in [6.45, 7) is 4.57. The molecule has 2 aliphatic rings. The fourth-order valence-electron chi connectivity index (χ4n) is 6.26. The van der Waals surface area contributed by atoms with Gasteiger partial charge in [-0.2, -0.15) is 11.8 Å². The molecule has 0 spiro atoms. The van der Waals surface area contributed by atoms with Crippen molar-refractivity contribution in [2.45, 2.75) is 58.1 Å². The molecule has 2 aromatic rings. The highest BCUT2D eigenvalue weighted by Crippen LogP contribution is 2.62. The lowest BCUT2D eigenvalue weighted by molar-refractivity contribution is -0.147.